The minimum Gasteiger partial charge on any atom is -0.503 e. The zero-order chi connectivity index (χ0) is 20.4. The number of aromatic hydroxyl groups is 1. The van der Waals surface area contributed by atoms with Gasteiger partial charge in [-0.1, -0.05) is 0 Å². The van der Waals surface area contributed by atoms with E-state index in [1.807, 2.05) is 0 Å². The van der Waals surface area contributed by atoms with Crippen molar-refractivity contribution in [2.24, 2.45) is 5.10 Å². The predicted octanol–water partition coefficient (Wildman–Crippen LogP) is 4.34. The van der Waals surface area contributed by atoms with Crippen molar-refractivity contribution in [3.8, 4) is 11.5 Å². The number of nitro benzene ring substituents is 1. The Bertz CT molecular complexity index is 1130. The molecular weight excluding hydrogens is 502 g/mol. The maximum atomic E-state index is 12.2. The first-order valence-corrected chi connectivity index (χ1v) is 9.16. The molecule has 1 heterocycles. The lowest BCUT2D eigenvalue weighted by atomic mass is 10.2. The van der Waals surface area contributed by atoms with Crippen LogP contribution in [0.4, 0.5) is 5.69 Å². The van der Waals surface area contributed by atoms with Crippen LogP contribution in [0.3, 0.4) is 0 Å². The van der Waals surface area contributed by atoms with E-state index in [1.165, 1.54) is 43.7 Å². The molecule has 1 amide bonds. The Balaban J connectivity index is 1.80. The highest BCUT2D eigenvalue weighted by Gasteiger charge is 2.16. The lowest BCUT2D eigenvalue weighted by Gasteiger charge is -2.09. The van der Waals surface area contributed by atoms with Gasteiger partial charge in [-0.05, 0) is 50.1 Å². The van der Waals surface area contributed by atoms with Crippen molar-refractivity contribution in [1.29, 1.82) is 0 Å². The second-order valence-corrected chi connectivity index (χ2v) is 7.02. The maximum Gasteiger partial charge on any atom is 0.307 e. The summed E-state index contributed by atoms with van der Waals surface area (Å²) in [5.74, 6) is -0.527. The summed E-state index contributed by atoms with van der Waals surface area (Å²) in [6.07, 6.45) is 1.35. The Morgan fingerprint density at radius 1 is 1.32 bits per heavy atom. The average molecular weight is 513 g/mol. The zero-order valence-corrected chi connectivity index (χ0v) is 17.3. The van der Waals surface area contributed by atoms with Crippen molar-refractivity contribution < 1.29 is 24.0 Å². The zero-order valence-electron chi connectivity index (χ0n) is 14.1. The molecule has 3 rings (SSSR count). The van der Waals surface area contributed by atoms with Crippen molar-refractivity contribution in [3.05, 3.63) is 60.7 Å². The molecule has 144 valence electrons. The molecule has 2 aromatic carbocycles. The molecule has 0 radical (unpaired) electrons. The van der Waals surface area contributed by atoms with Crippen LogP contribution in [0.15, 0.2) is 48.8 Å². The number of carbonyl (C=O) groups excluding carboxylic acids is 1. The summed E-state index contributed by atoms with van der Waals surface area (Å²) in [7, 11) is 1.41. The van der Waals surface area contributed by atoms with Gasteiger partial charge in [0.05, 0.1) is 22.7 Å². The number of halogens is 2. The number of nitrogens with one attached hydrogen (secondary N) is 1. The highest BCUT2D eigenvalue weighted by molar-refractivity contribution is 9.13. The Labute approximate surface area is 174 Å². The van der Waals surface area contributed by atoms with Crippen LogP contribution < -0.4 is 10.2 Å². The number of methoxy groups -OCH3 is 1. The minimum absolute atomic E-state index is 0.0452. The van der Waals surface area contributed by atoms with Gasteiger partial charge in [-0.25, -0.2) is 5.43 Å². The number of hydrogen-bond acceptors (Lipinski definition) is 7. The molecule has 0 atom stereocenters. The monoisotopic (exact) mass is 511 g/mol. The number of phenols is 1. The molecule has 0 bridgehead atoms. The Morgan fingerprint density at radius 3 is 2.75 bits per heavy atom. The molecule has 0 spiro atoms. The average Bonchev–Trinajstić information content (AvgIpc) is 3.11. The maximum absolute atomic E-state index is 12.2. The lowest BCUT2D eigenvalue weighted by Crippen LogP contribution is -2.16. The molecule has 9 nitrogen and oxygen atoms in total. The van der Waals surface area contributed by atoms with Gasteiger partial charge in [0, 0.05) is 27.6 Å². The van der Waals surface area contributed by atoms with Crippen LogP contribution in [0.25, 0.3) is 11.0 Å². The number of ether oxygens (including phenoxy) is 1. The van der Waals surface area contributed by atoms with Crippen LogP contribution in [0.2, 0.25) is 0 Å². The summed E-state index contributed by atoms with van der Waals surface area (Å²) >= 11 is 6.53. The van der Waals surface area contributed by atoms with Crippen LogP contribution in [0, 0.1) is 10.1 Å². The van der Waals surface area contributed by atoms with Gasteiger partial charge in [-0.2, -0.15) is 5.10 Å². The predicted molar refractivity (Wildman–Crippen MR) is 108 cm³/mol. The summed E-state index contributed by atoms with van der Waals surface area (Å²) < 4.78 is 11.3. The minimum atomic E-state index is -0.629. The molecule has 0 unspecified atom stereocenters. The number of rotatable bonds is 5. The Morgan fingerprint density at radius 2 is 2.07 bits per heavy atom. The van der Waals surface area contributed by atoms with E-state index in [0.717, 1.165) is 0 Å². The number of carbonyl (C=O) groups is 1. The van der Waals surface area contributed by atoms with E-state index in [9.17, 15) is 20.0 Å². The van der Waals surface area contributed by atoms with Crippen LogP contribution in [0.5, 0.6) is 11.5 Å². The molecule has 0 aliphatic heterocycles. The number of fused-ring (bicyclic) bond motifs is 1. The molecule has 0 aliphatic carbocycles. The molecule has 0 saturated heterocycles. The number of nitrogens with zero attached hydrogens (tertiary/aromatic N) is 2. The third kappa shape index (κ3) is 3.85. The first-order chi connectivity index (χ1) is 13.3. The number of amides is 1. The molecule has 0 fully saturated rings. The van der Waals surface area contributed by atoms with Gasteiger partial charge in [0.1, 0.15) is 5.58 Å². The Hall–Kier alpha value is -2.92. The molecule has 0 saturated carbocycles. The quantitative estimate of drug-likeness (QED) is 0.297. The SMILES string of the molecule is COc1cc(/C=N\NC(=O)c2cc3cc([N+](=O)[O-])ccc3o2)c(Br)c(Br)c1O. The number of furan rings is 1. The second kappa shape index (κ2) is 7.98. The molecule has 2 N–H and O–H groups in total. The largest absolute Gasteiger partial charge is 0.503 e. The van der Waals surface area contributed by atoms with Gasteiger partial charge in [0.15, 0.2) is 17.3 Å². The van der Waals surface area contributed by atoms with Crippen molar-refractivity contribution in [3.63, 3.8) is 0 Å². The summed E-state index contributed by atoms with van der Waals surface area (Å²) in [5.41, 5.74) is 3.08. The van der Waals surface area contributed by atoms with Gasteiger partial charge in [-0.15, -0.1) is 0 Å². The highest BCUT2D eigenvalue weighted by Crippen LogP contribution is 2.41. The second-order valence-electron chi connectivity index (χ2n) is 5.43. The van der Waals surface area contributed by atoms with E-state index in [-0.39, 0.29) is 22.9 Å². The number of non-ortho nitro benzene ring substituents is 1. The van der Waals surface area contributed by atoms with E-state index < -0.39 is 10.8 Å². The van der Waals surface area contributed by atoms with E-state index in [2.05, 4.69) is 42.4 Å². The van der Waals surface area contributed by atoms with Crippen LogP contribution >= 0.6 is 31.9 Å². The fraction of sp³-hybridized carbons (Fsp3) is 0.0588. The van der Waals surface area contributed by atoms with Gasteiger partial charge in [0.25, 0.3) is 5.69 Å². The number of phenolic OH excluding ortho intramolecular Hbond substituents is 1. The molecular formula is C17H11Br2N3O6. The fourth-order valence-corrected chi connectivity index (χ4v) is 3.16. The highest BCUT2D eigenvalue weighted by atomic mass is 79.9. The molecule has 11 heteroatoms. The van der Waals surface area contributed by atoms with Crippen molar-refractivity contribution in [1.82, 2.24) is 5.43 Å². The van der Waals surface area contributed by atoms with Crippen molar-refractivity contribution >= 4 is 60.6 Å². The Kier molecular flexibility index (Phi) is 5.66. The van der Waals surface area contributed by atoms with Gasteiger partial charge < -0.3 is 14.3 Å². The van der Waals surface area contributed by atoms with E-state index in [0.29, 0.717) is 25.5 Å². The molecule has 0 aliphatic rings. The van der Waals surface area contributed by atoms with Gasteiger partial charge in [0.2, 0.25) is 0 Å². The van der Waals surface area contributed by atoms with Crippen molar-refractivity contribution in [2.75, 3.05) is 7.11 Å². The number of hydrogen-bond donors (Lipinski definition) is 2. The molecule has 28 heavy (non-hydrogen) atoms. The van der Waals surface area contributed by atoms with Crippen LogP contribution in [0.1, 0.15) is 16.1 Å². The lowest BCUT2D eigenvalue weighted by molar-refractivity contribution is -0.384. The summed E-state index contributed by atoms with van der Waals surface area (Å²) in [6.45, 7) is 0. The van der Waals surface area contributed by atoms with Crippen LogP contribution in [-0.2, 0) is 0 Å². The normalized spacial score (nSPS) is 11.1. The van der Waals surface area contributed by atoms with E-state index in [1.54, 1.807) is 0 Å². The first-order valence-electron chi connectivity index (χ1n) is 7.58. The third-order valence-electron chi connectivity index (χ3n) is 3.70. The topological polar surface area (TPSA) is 127 Å². The van der Waals surface area contributed by atoms with E-state index in [4.69, 9.17) is 9.15 Å². The third-order valence-corrected chi connectivity index (χ3v) is 5.86. The molecule has 1 aromatic heterocycles. The standard InChI is InChI=1S/C17H11Br2N3O6/c1-27-12-6-9(14(18)15(19)16(12)23)7-20-21-17(24)13-5-8-4-10(22(25)26)2-3-11(8)28-13/h2-7,23H,1H3,(H,21,24)/b20-7-. The number of hydrazone groups is 1. The fourth-order valence-electron chi connectivity index (χ4n) is 2.33. The van der Waals surface area contributed by atoms with E-state index >= 15 is 0 Å². The first kappa shape index (κ1) is 19.8. The number of nitro groups is 1. The summed E-state index contributed by atoms with van der Waals surface area (Å²) in [4.78, 5) is 22.5. The molecule has 3 aromatic rings. The summed E-state index contributed by atoms with van der Waals surface area (Å²) in [5, 5.41) is 25.0. The number of benzene rings is 2. The van der Waals surface area contributed by atoms with Crippen molar-refractivity contribution in [2.45, 2.75) is 0 Å². The van der Waals surface area contributed by atoms with Gasteiger partial charge >= 0.3 is 5.91 Å². The smallest absolute Gasteiger partial charge is 0.307 e. The van der Waals surface area contributed by atoms with Gasteiger partial charge in [-0.3, -0.25) is 14.9 Å². The summed E-state index contributed by atoms with van der Waals surface area (Å²) in [6, 6.07) is 6.95. The van der Waals surface area contributed by atoms with Crippen LogP contribution in [-0.4, -0.2) is 29.3 Å².